The summed E-state index contributed by atoms with van der Waals surface area (Å²) in [7, 11) is 1.34. The molecule has 1 heterocycles. The molecule has 0 aromatic carbocycles. The summed E-state index contributed by atoms with van der Waals surface area (Å²) in [6.45, 7) is 0. The Balaban J connectivity index is 3.33. The van der Waals surface area contributed by atoms with Crippen LogP contribution in [-0.4, -0.2) is 13.4 Å². The number of hydrogen-bond acceptors (Lipinski definition) is 4. The summed E-state index contributed by atoms with van der Waals surface area (Å²) in [5, 5.41) is 0. The van der Waals surface area contributed by atoms with Crippen molar-refractivity contribution in [2.45, 2.75) is 4.90 Å². The van der Waals surface area contributed by atoms with Crippen LogP contribution in [-0.2, 0) is 9.05 Å². The van der Waals surface area contributed by atoms with Gasteiger partial charge in [0.15, 0.2) is 0 Å². The maximum Gasteiger partial charge on any atom is 0.262 e. The molecule has 1 aromatic rings. The summed E-state index contributed by atoms with van der Waals surface area (Å²) < 4.78 is 21.9. The number of rotatable bonds is 1. The van der Waals surface area contributed by atoms with Crippen LogP contribution in [0.15, 0.2) is 21.6 Å². The summed E-state index contributed by atoms with van der Waals surface area (Å²) in [6, 6.07) is 1.30. The molecule has 0 saturated heterocycles. The summed E-state index contributed by atoms with van der Waals surface area (Å²) in [5.74, 6) is 0.221. The number of nitrogens with zero attached hydrogens (tertiary/aromatic N) is 1. The van der Waals surface area contributed by atoms with Crippen molar-refractivity contribution in [2.75, 3.05) is 5.73 Å². The lowest BCUT2D eigenvalue weighted by atomic mass is 10.5. The van der Waals surface area contributed by atoms with Crippen molar-refractivity contribution in [2.24, 2.45) is 0 Å². The van der Waals surface area contributed by atoms with Gasteiger partial charge in [0.1, 0.15) is 10.7 Å². The molecule has 0 amide bonds. The number of anilines is 1. The third kappa shape index (κ3) is 2.09. The molecule has 0 bridgehead atoms. The minimum absolute atomic E-state index is 0.0785. The van der Waals surface area contributed by atoms with Gasteiger partial charge in [-0.25, -0.2) is 13.4 Å². The van der Waals surface area contributed by atoms with Gasteiger partial charge in [-0.05, 0) is 22.0 Å². The first-order chi connectivity index (χ1) is 5.41. The average molecular weight is 272 g/mol. The quantitative estimate of drug-likeness (QED) is 0.783. The van der Waals surface area contributed by atoms with E-state index in [9.17, 15) is 8.42 Å². The van der Waals surface area contributed by atoms with E-state index in [0.717, 1.165) is 6.20 Å². The summed E-state index contributed by atoms with van der Waals surface area (Å²) >= 11 is 3.03. The van der Waals surface area contributed by atoms with Crippen molar-refractivity contribution >= 4 is 41.5 Å². The minimum atomic E-state index is -3.72. The molecule has 0 unspecified atom stereocenters. The molecular formula is C5H4BrClN2O2S. The highest BCUT2D eigenvalue weighted by molar-refractivity contribution is 9.10. The molecule has 0 atom stereocenters. The van der Waals surface area contributed by atoms with E-state index in [2.05, 4.69) is 20.9 Å². The molecule has 1 rings (SSSR count). The Morgan fingerprint density at radius 1 is 1.58 bits per heavy atom. The second-order valence-corrected chi connectivity index (χ2v) is 5.40. The number of hydrogen-bond donors (Lipinski definition) is 1. The van der Waals surface area contributed by atoms with Crippen molar-refractivity contribution in [3.63, 3.8) is 0 Å². The van der Waals surface area contributed by atoms with Gasteiger partial charge in [-0.15, -0.1) is 0 Å². The van der Waals surface area contributed by atoms with Crippen LogP contribution in [0.4, 0.5) is 5.82 Å². The van der Waals surface area contributed by atoms with Gasteiger partial charge in [-0.1, -0.05) is 0 Å². The van der Waals surface area contributed by atoms with Gasteiger partial charge in [0, 0.05) is 16.9 Å². The largest absolute Gasteiger partial charge is 0.383 e. The predicted molar refractivity (Wildman–Crippen MR) is 49.4 cm³/mol. The summed E-state index contributed by atoms with van der Waals surface area (Å²) in [6.07, 6.45) is 1.10. The lowest BCUT2D eigenvalue weighted by Crippen LogP contribution is -1.96. The van der Waals surface area contributed by atoms with Crippen molar-refractivity contribution < 1.29 is 8.42 Å². The van der Waals surface area contributed by atoms with E-state index < -0.39 is 9.05 Å². The first-order valence-corrected chi connectivity index (χ1v) is 5.87. The van der Waals surface area contributed by atoms with Crippen LogP contribution in [0.1, 0.15) is 0 Å². The van der Waals surface area contributed by atoms with Crippen molar-refractivity contribution in [1.29, 1.82) is 0 Å². The predicted octanol–water partition coefficient (Wildman–Crippen LogP) is 1.35. The Labute approximate surface area is 82.3 Å². The van der Waals surface area contributed by atoms with Crippen LogP contribution in [0, 0.1) is 0 Å². The highest BCUT2D eigenvalue weighted by Gasteiger charge is 2.11. The van der Waals surface area contributed by atoms with E-state index in [-0.39, 0.29) is 10.7 Å². The molecule has 7 heteroatoms. The SMILES string of the molecule is Nc1ncc(S(=O)(=O)Cl)cc1Br. The van der Waals surface area contributed by atoms with E-state index in [1.165, 1.54) is 6.07 Å². The van der Waals surface area contributed by atoms with Gasteiger partial charge < -0.3 is 5.73 Å². The van der Waals surface area contributed by atoms with Gasteiger partial charge in [0.05, 0.1) is 4.47 Å². The lowest BCUT2D eigenvalue weighted by Gasteiger charge is -1.98. The smallest absolute Gasteiger partial charge is 0.262 e. The van der Waals surface area contributed by atoms with Crippen molar-refractivity contribution in [3.05, 3.63) is 16.7 Å². The van der Waals surface area contributed by atoms with Crippen LogP contribution < -0.4 is 5.73 Å². The van der Waals surface area contributed by atoms with E-state index in [0.29, 0.717) is 4.47 Å². The van der Waals surface area contributed by atoms with Crippen LogP contribution in [0.2, 0.25) is 0 Å². The molecule has 4 nitrogen and oxygen atoms in total. The monoisotopic (exact) mass is 270 g/mol. The van der Waals surface area contributed by atoms with Crippen LogP contribution >= 0.6 is 26.6 Å². The Morgan fingerprint density at radius 2 is 2.17 bits per heavy atom. The maximum atomic E-state index is 10.8. The third-order valence-corrected chi connectivity index (χ3v) is 3.08. The molecular weight excluding hydrogens is 267 g/mol. The molecule has 1 aromatic heterocycles. The minimum Gasteiger partial charge on any atom is -0.383 e. The second kappa shape index (κ2) is 3.20. The molecule has 0 aliphatic heterocycles. The van der Waals surface area contributed by atoms with E-state index in [4.69, 9.17) is 16.4 Å². The number of aromatic nitrogens is 1. The maximum absolute atomic E-state index is 10.8. The lowest BCUT2D eigenvalue weighted by molar-refractivity contribution is 0.609. The summed E-state index contributed by atoms with van der Waals surface area (Å²) in [4.78, 5) is 3.53. The zero-order chi connectivity index (χ0) is 9.35. The average Bonchev–Trinajstić information content (AvgIpc) is 1.92. The molecule has 0 spiro atoms. The number of pyridine rings is 1. The zero-order valence-corrected chi connectivity index (χ0v) is 8.82. The van der Waals surface area contributed by atoms with E-state index in [1.807, 2.05) is 0 Å². The number of nitrogens with two attached hydrogens (primary N) is 1. The van der Waals surface area contributed by atoms with Crippen LogP contribution in [0.5, 0.6) is 0 Å². The molecule has 0 aliphatic carbocycles. The first-order valence-electron chi connectivity index (χ1n) is 2.77. The van der Waals surface area contributed by atoms with Gasteiger partial charge in [-0.3, -0.25) is 0 Å². The van der Waals surface area contributed by atoms with Gasteiger partial charge in [0.25, 0.3) is 9.05 Å². The molecule has 2 N–H and O–H groups in total. The van der Waals surface area contributed by atoms with Gasteiger partial charge >= 0.3 is 0 Å². The van der Waals surface area contributed by atoms with Gasteiger partial charge in [-0.2, -0.15) is 0 Å². The van der Waals surface area contributed by atoms with Crippen LogP contribution in [0.25, 0.3) is 0 Å². The fourth-order valence-electron chi connectivity index (χ4n) is 0.564. The van der Waals surface area contributed by atoms with Crippen molar-refractivity contribution in [1.82, 2.24) is 4.98 Å². The highest BCUT2D eigenvalue weighted by Crippen LogP contribution is 2.22. The molecule has 0 radical (unpaired) electrons. The topological polar surface area (TPSA) is 73.0 Å². The first kappa shape index (κ1) is 9.76. The number of nitrogen functional groups attached to an aromatic ring is 1. The Hall–Kier alpha value is -0.330. The summed E-state index contributed by atoms with van der Waals surface area (Å²) in [5.41, 5.74) is 5.34. The molecule has 0 saturated carbocycles. The fraction of sp³-hybridized carbons (Fsp3) is 0. The molecule has 12 heavy (non-hydrogen) atoms. The van der Waals surface area contributed by atoms with E-state index >= 15 is 0 Å². The Bertz CT molecular complexity index is 406. The Morgan fingerprint density at radius 3 is 2.58 bits per heavy atom. The molecule has 66 valence electrons. The highest BCUT2D eigenvalue weighted by atomic mass is 79.9. The zero-order valence-electron chi connectivity index (χ0n) is 5.66. The third-order valence-electron chi connectivity index (χ3n) is 1.13. The second-order valence-electron chi connectivity index (χ2n) is 1.98. The molecule has 0 fully saturated rings. The normalized spacial score (nSPS) is 11.5. The van der Waals surface area contributed by atoms with Gasteiger partial charge in [0.2, 0.25) is 0 Å². The fourth-order valence-corrected chi connectivity index (χ4v) is 1.76. The van der Waals surface area contributed by atoms with Crippen molar-refractivity contribution in [3.8, 4) is 0 Å². The van der Waals surface area contributed by atoms with E-state index in [1.54, 1.807) is 0 Å². The number of halogens is 2. The van der Waals surface area contributed by atoms with Crippen LogP contribution in [0.3, 0.4) is 0 Å². The molecule has 0 aliphatic rings. The Kier molecular flexibility index (Phi) is 2.60. The standard InChI is InChI=1S/C5H4BrClN2O2S/c6-4-1-3(12(7,10)11)2-9-5(4)8/h1-2H,(H2,8,9).